The van der Waals surface area contributed by atoms with Gasteiger partial charge in [-0.3, -0.25) is 4.79 Å². The van der Waals surface area contributed by atoms with Crippen molar-refractivity contribution in [1.82, 2.24) is 0 Å². The maximum atomic E-state index is 11.6. The van der Waals surface area contributed by atoms with Gasteiger partial charge in [-0.1, -0.05) is 0 Å². The van der Waals surface area contributed by atoms with Gasteiger partial charge in [0, 0.05) is 12.3 Å². The molecule has 1 heterocycles. The lowest BCUT2D eigenvalue weighted by molar-refractivity contribution is -0.121. The van der Waals surface area contributed by atoms with Gasteiger partial charge in [-0.05, 0) is 37.1 Å². The molecule has 100 valence electrons. The van der Waals surface area contributed by atoms with Gasteiger partial charge in [-0.25, -0.2) is 0 Å². The van der Waals surface area contributed by atoms with Gasteiger partial charge in [-0.15, -0.1) is 0 Å². The Kier molecular flexibility index (Phi) is 4.90. The van der Waals surface area contributed by atoms with Crippen LogP contribution in [0.25, 0.3) is 0 Å². The molecule has 5 heteroatoms. The lowest BCUT2D eigenvalue weighted by Gasteiger charge is -2.10. The van der Waals surface area contributed by atoms with E-state index < -0.39 is 0 Å². The highest BCUT2D eigenvalue weighted by Gasteiger charge is 2.15. The number of nitriles is 1. The number of hydrogen-bond donors (Lipinski definition) is 1. The van der Waals surface area contributed by atoms with Crippen LogP contribution in [0, 0.1) is 11.3 Å². The van der Waals surface area contributed by atoms with Crippen molar-refractivity contribution in [3.63, 3.8) is 0 Å². The fraction of sp³-hybridized carbons (Fsp3) is 0.429. The predicted octanol–water partition coefficient (Wildman–Crippen LogP) is 1.69. The first-order valence-electron chi connectivity index (χ1n) is 6.27. The van der Waals surface area contributed by atoms with Gasteiger partial charge in [0.2, 0.25) is 5.91 Å². The summed E-state index contributed by atoms with van der Waals surface area (Å²) in [5, 5.41) is 11.4. The Morgan fingerprint density at radius 2 is 2.26 bits per heavy atom. The third kappa shape index (κ3) is 4.36. The molecular weight excluding hydrogens is 244 g/mol. The third-order valence-electron chi connectivity index (χ3n) is 2.86. The topological polar surface area (TPSA) is 71.4 Å². The first kappa shape index (κ1) is 13.5. The minimum absolute atomic E-state index is 0.0138. The zero-order chi connectivity index (χ0) is 13.5. The van der Waals surface area contributed by atoms with Gasteiger partial charge in [0.15, 0.2) is 0 Å². The Bertz CT molecular complexity index is 459. The van der Waals surface area contributed by atoms with Crippen LogP contribution in [-0.2, 0) is 14.3 Å². The van der Waals surface area contributed by atoms with Crippen molar-refractivity contribution in [1.29, 1.82) is 5.26 Å². The highest BCUT2D eigenvalue weighted by Crippen LogP contribution is 2.12. The van der Waals surface area contributed by atoms with E-state index in [0.717, 1.165) is 19.4 Å². The summed E-state index contributed by atoms with van der Waals surface area (Å²) in [6.07, 6.45) is 2.19. The van der Waals surface area contributed by atoms with Crippen LogP contribution in [0.15, 0.2) is 24.3 Å². The molecule has 2 rings (SSSR count). The molecule has 1 atom stereocenters. The van der Waals surface area contributed by atoms with E-state index in [4.69, 9.17) is 14.7 Å². The summed E-state index contributed by atoms with van der Waals surface area (Å²) in [5.41, 5.74) is 1.22. The first-order valence-corrected chi connectivity index (χ1v) is 6.27. The standard InChI is InChI=1S/C14H16N2O3/c15-8-11-3-5-12(6-4-11)16-14(17)10-18-9-13-2-1-7-19-13/h3-6,13H,1-2,7,9-10H2,(H,16,17). The summed E-state index contributed by atoms with van der Waals surface area (Å²) in [4.78, 5) is 11.6. The molecule has 1 saturated heterocycles. The fourth-order valence-electron chi connectivity index (χ4n) is 1.88. The Labute approximate surface area is 112 Å². The minimum Gasteiger partial charge on any atom is -0.376 e. The number of amides is 1. The maximum absolute atomic E-state index is 11.6. The lowest BCUT2D eigenvalue weighted by atomic mass is 10.2. The van der Waals surface area contributed by atoms with Crippen molar-refractivity contribution in [3.8, 4) is 6.07 Å². The Morgan fingerprint density at radius 3 is 2.89 bits per heavy atom. The van der Waals surface area contributed by atoms with Crippen LogP contribution in [0.1, 0.15) is 18.4 Å². The molecular formula is C14H16N2O3. The van der Waals surface area contributed by atoms with Gasteiger partial charge >= 0.3 is 0 Å². The number of nitrogens with zero attached hydrogens (tertiary/aromatic N) is 1. The van der Waals surface area contributed by atoms with Crippen LogP contribution < -0.4 is 5.32 Å². The van der Waals surface area contributed by atoms with Crippen LogP contribution in [-0.4, -0.2) is 31.8 Å². The van der Waals surface area contributed by atoms with Crippen LogP contribution in [0.3, 0.4) is 0 Å². The second-order valence-electron chi connectivity index (χ2n) is 4.39. The van der Waals surface area contributed by atoms with Crippen molar-refractivity contribution in [2.75, 3.05) is 25.1 Å². The largest absolute Gasteiger partial charge is 0.376 e. The molecule has 0 saturated carbocycles. The zero-order valence-corrected chi connectivity index (χ0v) is 10.6. The third-order valence-corrected chi connectivity index (χ3v) is 2.86. The molecule has 0 bridgehead atoms. The highest BCUT2D eigenvalue weighted by molar-refractivity contribution is 5.91. The SMILES string of the molecule is N#Cc1ccc(NC(=O)COCC2CCCO2)cc1. The molecule has 19 heavy (non-hydrogen) atoms. The van der Waals surface area contributed by atoms with Crippen molar-refractivity contribution >= 4 is 11.6 Å². The second kappa shape index (κ2) is 6.88. The van der Waals surface area contributed by atoms with Crippen LogP contribution >= 0.6 is 0 Å². The molecule has 1 unspecified atom stereocenters. The molecule has 5 nitrogen and oxygen atoms in total. The van der Waals surface area contributed by atoms with Crippen LogP contribution in [0.5, 0.6) is 0 Å². The molecule has 1 aliphatic rings. The maximum Gasteiger partial charge on any atom is 0.250 e. The number of carbonyl (C=O) groups is 1. The summed E-state index contributed by atoms with van der Waals surface area (Å²) in [5.74, 6) is -0.206. The number of rotatable bonds is 5. The summed E-state index contributed by atoms with van der Waals surface area (Å²) in [6, 6.07) is 8.71. The molecule has 0 aliphatic carbocycles. The predicted molar refractivity (Wildman–Crippen MR) is 69.6 cm³/mol. The van der Waals surface area contributed by atoms with Gasteiger partial charge in [-0.2, -0.15) is 5.26 Å². The van der Waals surface area contributed by atoms with Gasteiger partial charge in [0.1, 0.15) is 6.61 Å². The van der Waals surface area contributed by atoms with Gasteiger partial charge in [0.25, 0.3) is 0 Å². The van der Waals surface area contributed by atoms with Crippen LogP contribution in [0.4, 0.5) is 5.69 Å². The molecule has 0 radical (unpaired) electrons. The average Bonchev–Trinajstić information content (AvgIpc) is 2.93. The van der Waals surface area contributed by atoms with E-state index >= 15 is 0 Å². The van der Waals surface area contributed by atoms with E-state index in [1.54, 1.807) is 24.3 Å². The molecule has 1 aliphatic heterocycles. The van der Waals surface area contributed by atoms with E-state index in [1.807, 2.05) is 6.07 Å². The molecule has 1 N–H and O–H groups in total. The fourth-order valence-corrected chi connectivity index (χ4v) is 1.88. The van der Waals surface area contributed by atoms with E-state index in [2.05, 4.69) is 5.32 Å². The molecule has 0 aromatic heterocycles. The van der Waals surface area contributed by atoms with Crippen molar-refractivity contribution in [2.24, 2.45) is 0 Å². The summed E-state index contributed by atoms with van der Waals surface area (Å²) >= 11 is 0. The highest BCUT2D eigenvalue weighted by atomic mass is 16.5. The number of hydrogen-bond acceptors (Lipinski definition) is 4. The average molecular weight is 260 g/mol. The first-order chi connectivity index (χ1) is 9.28. The van der Waals surface area contributed by atoms with Gasteiger partial charge in [0.05, 0.1) is 24.3 Å². The number of ether oxygens (including phenoxy) is 2. The zero-order valence-electron chi connectivity index (χ0n) is 10.6. The summed E-state index contributed by atoms with van der Waals surface area (Å²) < 4.78 is 10.7. The van der Waals surface area contributed by atoms with Crippen molar-refractivity contribution < 1.29 is 14.3 Å². The molecule has 1 aromatic carbocycles. The summed E-state index contributed by atoms with van der Waals surface area (Å²) in [6.45, 7) is 1.26. The molecule has 1 aromatic rings. The second-order valence-corrected chi connectivity index (χ2v) is 4.39. The van der Waals surface area contributed by atoms with Crippen molar-refractivity contribution in [2.45, 2.75) is 18.9 Å². The smallest absolute Gasteiger partial charge is 0.250 e. The van der Waals surface area contributed by atoms with E-state index in [0.29, 0.717) is 17.9 Å². The van der Waals surface area contributed by atoms with E-state index in [-0.39, 0.29) is 18.6 Å². The normalized spacial score (nSPS) is 17.9. The molecule has 1 fully saturated rings. The molecule has 0 spiro atoms. The minimum atomic E-state index is -0.206. The number of nitrogens with one attached hydrogen (secondary N) is 1. The lowest BCUT2D eigenvalue weighted by Crippen LogP contribution is -2.22. The number of benzene rings is 1. The van der Waals surface area contributed by atoms with Crippen molar-refractivity contribution in [3.05, 3.63) is 29.8 Å². The van der Waals surface area contributed by atoms with Crippen LogP contribution in [0.2, 0.25) is 0 Å². The summed E-state index contributed by atoms with van der Waals surface area (Å²) in [7, 11) is 0. The Hall–Kier alpha value is -1.90. The van der Waals surface area contributed by atoms with Gasteiger partial charge < -0.3 is 14.8 Å². The van der Waals surface area contributed by atoms with E-state index in [1.165, 1.54) is 0 Å². The number of anilines is 1. The quantitative estimate of drug-likeness (QED) is 0.874. The monoisotopic (exact) mass is 260 g/mol. The molecule has 1 amide bonds. The Morgan fingerprint density at radius 1 is 1.47 bits per heavy atom. The van der Waals surface area contributed by atoms with E-state index in [9.17, 15) is 4.79 Å². The number of carbonyl (C=O) groups excluding carboxylic acids is 1. The Balaban J connectivity index is 1.69.